The Balaban J connectivity index is 1.44. The second-order valence-corrected chi connectivity index (χ2v) is 11.3. The summed E-state index contributed by atoms with van der Waals surface area (Å²) in [7, 11) is 0. The van der Waals surface area contributed by atoms with Crippen LogP contribution in [0.4, 0.5) is 33.6 Å². The third-order valence-electron chi connectivity index (χ3n) is 6.57. The monoisotopic (exact) mass is 602 g/mol. The summed E-state index contributed by atoms with van der Waals surface area (Å²) in [5, 5.41) is 11.9. The van der Waals surface area contributed by atoms with Gasteiger partial charge < -0.3 is 31.7 Å². The molecule has 1 aliphatic rings. The average molecular weight is 603 g/mol. The van der Waals surface area contributed by atoms with Gasteiger partial charge in [-0.3, -0.25) is 19.3 Å². The van der Waals surface area contributed by atoms with Gasteiger partial charge in [0.15, 0.2) is 0 Å². The number of ether oxygens (including phenoxy) is 1. The molecule has 44 heavy (non-hydrogen) atoms. The van der Waals surface area contributed by atoms with Crippen LogP contribution < -0.4 is 27.0 Å². The van der Waals surface area contributed by atoms with Crippen molar-refractivity contribution in [1.82, 2.24) is 14.9 Å². The second-order valence-electron chi connectivity index (χ2n) is 11.3. The summed E-state index contributed by atoms with van der Waals surface area (Å²) in [6, 6.07) is 12.6. The molecular formula is C31H38N8O5. The van der Waals surface area contributed by atoms with Gasteiger partial charge in [0, 0.05) is 41.9 Å². The van der Waals surface area contributed by atoms with Gasteiger partial charge in [0.05, 0.1) is 0 Å². The summed E-state index contributed by atoms with van der Waals surface area (Å²) in [5.41, 5.74) is 6.78. The number of anilines is 5. The number of amides is 4. The zero-order valence-electron chi connectivity index (χ0n) is 25.3. The minimum absolute atomic E-state index is 0.224. The molecule has 13 nitrogen and oxygen atoms in total. The van der Waals surface area contributed by atoms with Crippen molar-refractivity contribution in [2.75, 3.05) is 34.4 Å². The third kappa shape index (κ3) is 8.43. The molecule has 2 heterocycles. The number of benzene rings is 2. The number of nitrogens with one attached hydrogen (secondary N) is 4. The zero-order chi connectivity index (χ0) is 31.9. The summed E-state index contributed by atoms with van der Waals surface area (Å²) in [6.45, 7) is 8.35. The molecule has 4 rings (SSSR count). The maximum atomic E-state index is 13.3. The van der Waals surface area contributed by atoms with E-state index in [0.717, 1.165) is 6.42 Å². The average Bonchev–Trinajstić information content (AvgIpc) is 3.46. The molecule has 6 N–H and O–H groups in total. The maximum absolute atomic E-state index is 13.3. The van der Waals surface area contributed by atoms with Gasteiger partial charge in [-0.2, -0.15) is 4.98 Å². The van der Waals surface area contributed by atoms with Gasteiger partial charge in [-0.1, -0.05) is 13.0 Å². The van der Waals surface area contributed by atoms with Gasteiger partial charge >= 0.3 is 6.09 Å². The first-order valence-electron chi connectivity index (χ1n) is 14.4. The van der Waals surface area contributed by atoms with Crippen LogP contribution in [0.25, 0.3) is 0 Å². The van der Waals surface area contributed by atoms with Crippen LogP contribution in [0.1, 0.15) is 67.7 Å². The van der Waals surface area contributed by atoms with Crippen molar-refractivity contribution in [3.8, 4) is 0 Å². The van der Waals surface area contributed by atoms with Crippen LogP contribution in [0, 0.1) is 0 Å². The van der Waals surface area contributed by atoms with Crippen LogP contribution in [-0.2, 0) is 9.53 Å². The quantitative estimate of drug-likeness (QED) is 0.219. The summed E-state index contributed by atoms with van der Waals surface area (Å²) < 4.78 is 5.47. The molecule has 0 bridgehead atoms. The van der Waals surface area contributed by atoms with Crippen molar-refractivity contribution in [1.29, 1.82) is 0 Å². The van der Waals surface area contributed by atoms with E-state index in [0.29, 0.717) is 54.4 Å². The molecule has 4 amide bonds. The Kier molecular flexibility index (Phi) is 9.99. The lowest BCUT2D eigenvalue weighted by molar-refractivity contribution is -0.120. The number of primary amides is 1. The Bertz CT molecular complexity index is 1520. The number of nitrogens with two attached hydrogens (primary N) is 1. The fourth-order valence-electron chi connectivity index (χ4n) is 4.51. The van der Waals surface area contributed by atoms with Crippen LogP contribution >= 0.6 is 0 Å². The van der Waals surface area contributed by atoms with Gasteiger partial charge in [-0.15, -0.1) is 0 Å². The molecule has 1 atom stereocenters. The van der Waals surface area contributed by atoms with Crippen molar-refractivity contribution in [3.05, 3.63) is 65.9 Å². The van der Waals surface area contributed by atoms with Crippen molar-refractivity contribution in [2.24, 2.45) is 5.73 Å². The topological polar surface area (TPSA) is 181 Å². The maximum Gasteiger partial charge on any atom is 0.410 e. The smallest absolute Gasteiger partial charge is 0.410 e. The highest BCUT2D eigenvalue weighted by molar-refractivity contribution is 6.08. The van der Waals surface area contributed by atoms with Gasteiger partial charge in [-0.25, -0.2) is 9.78 Å². The van der Waals surface area contributed by atoms with Crippen LogP contribution in [0.5, 0.6) is 0 Å². The second kappa shape index (κ2) is 13.8. The molecular weight excluding hydrogens is 564 g/mol. The number of hydrogen-bond donors (Lipinski definition) is 5. The van der Waals surface area contributed by atoms with Gasteiger partial charge in [-0.05, 0) is 82.5 Å². The Morgan fingerprint density at radius 3 is 2.39 bits per heavy atom. The zero-order valence-corrected chi connectivity index (χ0v) is 25.3. The molecule has 3 aromatic rings. The fourth-order valence-corrected chi connectivity index (χ4v) is 4.51. The summed E-state index contributed by atoms with van der Waals surface area (Å²) in [6.07, 6.45) is 2.92. The first-order chi connectivity index (χ1) is 20.9. The molecule has 1 aromatic heterocycles. The molecule has 0 spiro atoms. The predicted molar refractivity (Wildman–Crippen MR) is 168 cm³/mol. The van der Waals surface area contributed by atoms with E-state index in [2.05, 4.69) is 31.2 Å². The minimum atomic E-state index is -0.666. The Morgan fingerprint density at radius 2 is 1.73 bits per heavy atom. The SMILES string of the molecule is CCCNc1nc(Nc2ccc(C(N)=O)cc2)ncc1C(=O)Nc1cccc(NC(=O)C2CCCN2C(=O)OC(C)(C)C)c1. The molecule has 0 radical (unpaired) electrons. The molecule has 0 saturated carbocycles. The Morgan fingerprint density at radius 1 is 1.02 bits per heavy atom. The third-order valence-corrected chi connectivity index (χ3v) is 6.57. The molecule has 1 aliphatic heterocycles. The highest BCUT2D eigenvalue weighted by atomic mass is 16.6. The van der Waals surface area contributed by atoms with E-state index < -0.39 is 29.6 Å². The van der Waals surface area contributed by atoms with E-state index in [1.165, 1.54) is 11.1 Å². The van der Waals surface area contributed by atoms with Crippen molar-refractivity contribution >= 4 is 52.6 Å². The largest absolute Gasteiger partial charge is 0.444 e. The van der Waals surface area contributed by atoms with E-state index in [-0.39, 0.29) is 17.4 Å². The lowest BCUT2D eigenvalue weighted by atomic mass is 10.2. The predicted octanol–water partition coefficient (Wildman–Crippen LogP) is 4.73. The van der Waals surface area contributed by atoms with Crippen molar-refractivity contribution in [2.45, 2.75) is 58.6 Å². The number of likely N-dealkylation sites (tertiary alicyclic amines) is 1. The Hall–Kier alpha value is -5.20. The van der Waals surface area contributed by atoms with Gasteiger partial charge in [0.1, 0.15) is 23.0 Å². The lowest BCUT2D eigenvalue weighted by Gasteiger charge is -2.28. The number of carbonyl (C=O) groups is 4. The number of carbonyl (C=O) groups excluding carboxylic acids is 4. The Labute approximate surface area is 256 Å². The summed E-state index contributed by atoms with van der Waals surface area (Å²) >= 11 is 0. The number of nitrogens with zero attached hydrogens (tertiary/aromatic N) is 3. The molecule has 1 saturated heterocycles. The minimum Gasteiger partial charge on any atom is -0.444 e. The van der Waals surface area contributed by atoms with Crippen LogP contribution in [0.15, 0.2) is 54.7 Å². The first kappa shape index (κ1) is 31.7. The molecule has 0 aliphatic carbocycles. The van der Waals surface area contributed by atoms with Gasteiger partial charge in [0.25, 0.3) is 5.91 Å². The molecule has 232 valence electrons. The van der Waals surface area contributed by atoms with E-state index >= 15 is 0 Å². The normalized spacial score (nSPS) is 14.5. The number of aromatic nitrogens is 2. The number of rotatable bonds is 10. The molecule has 2 aromatic carbocycles. The highest BCUT2D eigenvalue weighted by Crippen LogP contribution is 2.24. The highest BCUT2D eigenvalue weighted by Gasteiger charge is 2.36. The van der Waals surface area contributed by atoms with Crippen LogP contribution in [-0.4, -0.2) is 63.4 Å². The summed E-state index contributed by atoms with van der Waals surface area (Å²) in [5.74, 6) is -0.715. The molecule has 1 fully saturated rings. The van der Waals surface area contributed by atoms with E-state index in [1.807, 2.05) is 6.92 Å². The molecule has 1 unspecified atom stereocenters. The lowest BCUT2D eigenvalue weighted by Crippen LogP contribution is -2.45. The van der Waals surface area contributed by atoms with Crippen LogP contribution in [0.2, 0.25) is 0 Å². The van der Waals surface area contributed by atoms with E-state index in [4.69, 9.17) is 10.5 Å². The van der Waals surface area contributed by atoms with E-state index in [1.54, 1.807) is 69.3 Å². The standard InChI is InChI=1S/C31H38N8O5/c1-5-15-33-26-23(18-34-29(38-26)37-20-13-11-19(12-14-20)25(32)40)27(41)35-21-8-6-9-22(17-21)36-28(42)24-10-7-16-39(24)30(43)44-31(2,3)4/h6,8-9,11-14,17-18,24H,5,7,10,15-16H2,1-4H3,(H2,32,40)(H,35,41)(H,36,42)(H2,33,34,37,38). The van der Waals surface area contributed by atoms with E-state index in [9.17, 15) is 19.2 Å². The molecule has 13 heteroatoms. The van der Waals surface area contributed by atoms with Crippen molar-refractivity contribution in [3.63, 3.8) is 0 Å². The summed E-state index contributed by atoms with van der Waals surface area (Å²) in [4.78, 5) is 60.6. The van der Waals surface area contributed by atoms with Crippen LogP contribution in [0.3, 0.4) is 0 Å². The fraction of sp³-hybridized carbons (Fsp3) is 0.355. The van der Waals surface area contributed by atoms with Gasteiger partial charge in [0.2, 0.25) is 17.8 Å². The van der Waals surface area contributed by atoms with Crippen molar-refractivity contribution < 1.29 is 23.9 Å². The number of hydrogen-bond acceptors (Lipinski definition) is 9. The first-order valence-corrected chi connectivity index (χ1v) is 14.4.